The molecule has 0 aromatic heterocycles. The Morgan fingerprint density at radius 1 is 1.27 bits per heavy atom. The van der Waals surface area contributed by atoms with Gasteiger partial charge in [0.2, 0.25) is 5.91 Å². The van der Waals surface area contributed by atoms with Gasteiger partial charge in [0.1, 0.15) is 5.82 Å². The summed E-state index contributed by atoms with van der Waals surface area (Å²) in [5.74, 6) is -1.50. The minimum atomic E-state index is -0.677. The molecule has 1 aromatic carbocycles. The highest BCUT2D eigenvalue weighted by molar-refractivity contribution is 5.97. The fourth-order valence-corrected chi connectivity index (χ4v) is 2.27. The van der Waals surface area contributed by atoms with Crippen LogP contribution in [-0.4, -0.2) is 29.6 Å². The molecule has 0 saturated carbocycles. The quantitative estimate of drug-likeness (QED) is 0.723. The van der Waals surface area contributed by atoms with E-state index in [1.54, 1.807) is 0 Å². The van der Waals surface area contributed by atoms with E-state index in [1.165, 1.54) is 19.1 Å². The number of carbonyl (C=O) groups is 2. The number of hydrogen-bond acceptors (Lipinski definition) is 3. The van der Waals surface area contributed by atoms with Gasteiger partial charge in [0.15, 0.2) is 0 Å². The zero-order valence-corrected chi connectivity index (χ0v) is 13.1. The van der Waals surface area contributed by atoms with Gasteiger partial charge >= 0.3 is 0 Å². The predicted octanol–water partition coefficient (Wildman–Crippen LogP) is 2.31. The number of hydrogen-bond donors (Lipinski definition) is 3. The fourth-order valence-electron chi connectivity index (χ4n) is 2.27. The first-order valence-electron chi connectivity index (χ1n) is 7.42. The predicted molar refractivity (Wildman–Crippen MR) is 83.1 cm³/mol. The molecule has 1 atom stereocenters. The Balaban J connectivity index is 2.74. The first kappa shape index (κ1) is 18.1. The van der Waals surface area contributed by atoms with E-state index in [1.807, 2.05) is 13.8 Å². The van der Waals surface area contributed by atoms with Crippen LogP contribution in [0.1, 0.15) is 44.0 Å². The third kappa shape index (κ3) is 5.11. The number of carbonyl (C=O) groups excluding carboxylic acids is 2. The molecule has 0 radical (unpaired) electrons. The first-order valence-corrected chi connectivity index (χ1v) is 7.42. The largest absolute Gasteiger partial charge is 0.391 e. The van der Waals surface area contributed by atoms with E-state index in [-0.39, 0.29) is 23.9 Å². The molecule has 6 heteroatoms. The van der Waals surface area contributed by atoms with Gasteiger partial charge in [0.05, 0.1) is 11.7 Å². The molecule has 0 aliphatic carbocycles. The fraction of sp³-hybridized carbons (Fsp3) is 0.500. The maximum atomic E-state index is 13.7. The summed E-state index contributed by atoms with van der Waals surface area (Å²) < 4.78 is 13.7. The Bertz CT molecular complexity index is 530. The molecule has 1 rings (SSSR count). The molecule has 0 aliphatic heterocycles. The number of nitrogens with one attached hydrogen (secondary N) is 2. The molecule has 0 fully saturated rings. The number of aliphatic hydroxyl groups excluding tert-OH is 1. The Morgan fingerprint density at radius 3 is 2.45 bits per heavy atom. The number of rotatable bonds is 7. The molecule has 1 aromatic rings. The van der Waals surface area contributed by atoms with Crippen molar-refractivity contribution < 1.29 is 19.1 Å². The maximum absolute atomic E-state index is 13.7. The van der Waals surface area contributed by atoms with Crippen molar-refractivity contribution in [3.05, 3.63) is 29.6 Å². The Labute approximate surface area is 129 Å². The summed E-state index contributed by atoms with van der Waals surface area (Å²) in [7, 11) is 0. The van der Waals surface area contributed by atoms with Crippen molar-refractivity contribution in [3.63, 3.8) is 0 Å². The monoisotopic (exact) mass is 310 g/mol. The summed E-state index contributed by atoms with van der Waals surface area (Å²) >= 11 is 0. The number of aliphatic hydroxyl groups is 1. The lowest BCUT2D eigenvalue weighted by molar-refractivity contribution is -0.114. The molecule has 22 heavy (non-hydrogen) atoms. The average molecular weight is 310 g/mol. The van der Waals surface area contributed by atoms with E-state index < -0.39 is 17.8 Å². The van der Waals surface area contributed by atoms with Crippen LogP contribution < -0.4 is 10.6 Å². The first-order chi connectivity index (χ1) is 10.4. The summed E-state index contributed by atoms with van der Waals surface area (Å²) in [6.07, 6.45) is 0.945. The van der Waals surface area contributed by atoms with Crippen LogP contribution in [0.15, 0.2) is 18.2 Å². The maximum Gasteiger partial charge on any atom is 0.254 e. The van der Waals surface area contributed by atoms with Crippen molar-refractivity contribution >= 4 is 17.5 Å². The van der Waals surface area contributed by atoms with Gasteiger partial charge in [-0.2, -0.15) is 0 Å². The van der Waals surface area contributed by atoms with E-state index in [2.05, 4.69) is 10.6 Å². The van der Waals surface area contributed by atoms with Crippen LogP contribution in [0.25, 0.3) is 0 Å². The van der Waals surface area contributed by atoms with Crippen molar-refractivity contribution in [1.29, 1.82) is 0 Å². The van der Waals surface area contributed by atoms with E-state index in [0.29, 0.717) is 5.69 Å². The second kappa shape index (κ2) is 8.48. The van der Waals surface area contributed by atoms with Crippen molar-refractivity contribution in [1.82, 2.24) is 5.32 Å². The van der Waals surface area contributed by atoms with Gasteiger partial charge in [-0.3, -0.25) is 9.59 Å². The molecule has 0 heterocycles. The highest BCUT2D eigenvalue weighted by Crippen LogP contribution is 2.16. The van der Waals surface area contributed by atoms with Gasteiger partial charge < -0.3 is 15.7 Å². The minimum Gasteiger partial charge on any atom is -0.391 e. The SMILES string of the molecule is CCC(CC)C(O)CNC(=O)c1cc(NC(C)=O)ccc1F. The molecular weight excluding hydrogens is 287 g/mol. The van der Waals surface area contributed by atoms with Crippen LogP contribution in [0.3, 0.4) is 0 Å². The molecule has 3 N–H and O–H groups in total. The summed E-state index contributed by atoms with van der Waals surface area (Å²) in [5.41, 5.74) is 0.183. The highest BCUT2D eigenvalue weighted by Gasteiger charge is 2.18. The van der Waals surface area contributed by atoms with Crippen LogP contribution in [0.2, 0.25) is 0 Å². The van der Waals surface area contributed by atoms with Crippen molar-refractivity contribution in [2.75, 3.05) is 11.9 Å². The second-order valence-corrected chi connectivity index (χ2v) is 5.23. The molecule has 122 valence electrons. The number of halogens is 1. The lowest BCUT2D eigenvalue weighted by atomic mass is 9.96. The third-order valence-electron chi connectivity index (χ3n) is 3.60. The van der Waals surface area contributed by atoms with E-state index in [4.69, 9.17) is 0 Å². The molecule has 0 saturated heterocycles. The zero-order chi connectivity index (χ0) is 16.7. The topological polar surface area (TPSA) is 78.4 Å². The lowest BCUT2D eigenvalue weighted by Gasteiger charge is -2.20. The number of anilines is 1. The summed E-state index contributed by atoms with van der Waals surface area (Å²) in [6, 6.07) is 3.78. The Hall–Kier alpha value is -1.95. The van der Waals surface area contributed by atoms with Crippen LogP contribution in [0.5, 0.6) is 0 Å². The van der Waals surface area contributed by atoms with Gasteiger partial charge in [-0.15, -0.1) is 0 Å². The van der Waals surface area contributed by atoms with Crippen LogP contribution in [0, 0.1) is 11.7 Å². The van der Waals surface area contributed by atoms with Crippen molar-refractivity contribution in [2.45, 2.75) is 39.7 Å². The third-order valence-corrected chi connectivity index (χ3v) is 3.60. The minimum absolute atomic E-state index is 0.0645. The molecule has 0 aliphatic rings. The van der Waals surface area contributed by atoms with Crippen LogP contribution in [-0.2, 0) is 4.79 Å². The van der Waals surface area contributed by atoms with E-state index >= 15 is 0 Å². The van der Waals surface area contributed by atoms with Gasteiger partial charge in [0.25, 0.3) is 5.91 Å². The van der Waals surface area contributed by atoms with Gasteiger partial charge in [-0.25, -0.2) is 4.39 Å². The summed E-state index contributed by atoms with van der Waals surface area (Å²) in [6.45, 7) is 5.33. The molecule has 0 bridgehead atoms. The molecule has 2 amide bonds. The zero-order valence-electron chi connectivity index (χ0n) is 13.1. The summed E-state index contributed by atoms with van der Waals surface area (Å²) in [4.78, 5) is 23.0. The van der Waals surface area contributed by atoms with E-state index in [9.17, 15) is 19.1 Å². The van der Waals surface area contributed by atoms with Crippen molar-refractivity contribution in [2.24, 2.45) is 5.92 Å². The number of benzene rings is 1. The van der Waals surface area contributed by atoms with Crippen LogP contribution in [0.4, 0.5) is 10.1 Å². The lowest BCUT2D eigenvalue weighted by Crippen LogP contribution is -2.36. The van der Waals surface area contributed by atoms with Crippen molar-refractivity contribution in [3.8, 4) is 0 Å². The Kier molecular flexibility index (Phi) is 6.98. The molecular formula is C16H23FN2O3. The van der Waals surface area contributed by atoms with Crippen LogP contribution >= 0.6 is 0 Å². The van der Waals surface area contributed by atoms with Gasteiger partial charge in [-0.05, 0) is 24.1 Å². The second-order valence-electron chi connectivity index (χ2n) is 5.23. The summed E-state index contributed by atoms with van der Waals surface area (Å²) in [5, 5.41) is 15.0. The smallest absolute Gasteiger partial charge is 0.254 e. The Morgan fingerprint density at radius 2 is 1.91 bits per heavy atom. The molecule has 1 unspecified atom stereocenters. The van der Waals surface area contributed by atoms with Gasteiger partial charge in [-0.1, -0.05) is 26.7 Å². The van der Waals surface area contributed by atoms with Gasteiger partial charge in [0, 0.05) is 19.2 Å². The molecule has 0 spiro atoms. The standard InChI is InChI=1S/C16H23FN2O3/c1-4-11(5-2)15(21)9-18-16(22)13-8-12(19-10(3)20)6-7-14(13)17/h6-8,11,15,21H,4-5,9H2,1-3H3,(H,18,22)(H,19,20). The van der Waals surface area contributed by atoms with E-state index in [0.717, 1.165) is 18.9 Å². The molecule has 5 nitrogen and oxygen atoms in total. The average Bonchev–Trinajstić information content (AvgIpc) is 2.47. The number of amides is 2. The normalized spacial score (nSPS) is 12.1. The highest BCUT2D eigenvalue weighted by atomic mass is 19.1.